The monoisotopic (exact) mass is 388 g/mol. The third-order valence-electron chi connectivity index (χ3n) is 3.77. The maximum Gasteiger partial charge on any atom is 0.253 e. The van der Waals surface area contributed by atoms with E-state index in [1.807, 2.05) is 19.1 Å². The minimum atomic E-state index is -3.18. The molecule has 2 rings (SSSR count). The topological polar surface area (TPSA) is 57.7 Å². The van der Waals surface area contributed by atoms with Gasteiger partial charge in [-0.05, 0) is 30.7 Å². The van der Waals surface area contributed by atoms with Gasteiger partial charge in [0.2, 0.25) is 10.0 Å². The number of rotatable bonds is 5. The van der Waals surface area contributed by atoms with E-state index in [2.05, 4.69) is 15.9 Å². The molecule has 0 aliphatic carbocycles. The molecule has 0 saturated carbocycles. The van der Waals surface area contributed by atoms with E-state index >= 15 is 0 Å². The summed E-state index contributed by atoms with van der Waals surface area (Å²) in [5.41, 5.74) is 0.630. The Labute approximate surface area is 140 Å². The fourth-order valence-corrected chi connectivity index (χ4v) is 4.30. The fraction of sp³-hybridized carbons (Fsp3) is 0.533. The van der Waals surface area contributed by atoms with Crippen LogP contribution in [0.4, 0.5) is 0 Å². The van der Waals surface area contributed by atoms with Crippen LogP contribution >= 0.6 is 15.9 Å². The van der Waals surface area contributed by atoms with Gasteiger partial charge in [0.15, 0.2) is 0 Å². The predicted molar refractivity (Wildman–Crippen MR) is 90.3 cm³/mol. The van der Waals surface area contributed by atoms with Gasteiger partial charge in [0.25, 0.3) is 5.91 Å². The van der Waals surface area contributed by atoms with Crippen LogP contribution in [-0.2, 0) is 10.0 Å². The molecule has 0 bridgehead atoms. The number of hydrogen-bond donors (Lipinski definition) is 0. The summed E-state index contributed by atoms with van der Waals surface area (Å²) in [5, 5.41) is 0. The Hall–Kier alpha value is -0.920. The summed E-state index contributed by atoms with van der Waals surface area (Å²) in [4.78, 5) is 14.1. The van der Waals surface area contributed by atoms with Crippen LogP contribution in [0.15, 0.2) is 28.7 Å². The number of piperazine rings is 1. The van der Waals surface area contributed by atoms with Crippen molar-refractivity contribution >= 4 is 31.9 Å². The van der Waals surface area contributed by atoms with Crippen molar-refractivity contribution in [1.82, 2.24) is 9.21 Å². The molecule has 0 N–H and O–H groups in total. The summed E-state index contributed by atoms with van der Waals surface area (Å²) < 4.78 is 26.7. The van der Waals surface area contributed by atoms with E-state index in [-0.39, 0.29) is 11.7 Å². The molecule has 0 spiro atoms. The molecule has 0 unspecified atom stereocenters. The summed E-state index contributed by atoms with van der Waals surface area (Å²) in [6.07, 6.45) is 1.54. The molecule has 7 heteroatoms. The van der Waals surface area contributed by atoms with Crippen LogP contribution in [0.3, 0.4) is 0 Å². The molecule has 1 fully saturated rings. The number of benzene rings is 1. The quantitative estimate of drug-likeness (QED) is 0.777. The number of carbonyl (C=O) groups excluding carboxylic acids is 1. The van der Waals surface area contributed by atoms with Crippen molar-refractivity contribution in [2.75, 3.05) is 31.9 Å². The largest absolute Gasteiger partial charge is 0.336 e. The Morgan fingerprint density at radius 3 is 2.27 bits per heavy atom. The van der Waals surface area contributed by atoms with Crippen molar-refractivity contribution in [2.24, 2.45) is 0 Å². The molecule has 1 aromatic carbocycles. The summed E-state index contributed by atoms with van der Waals surface area (Å²) in [6, 6.07) is 7.21. The van der Waals surface area contributed by atoms with Crippen molar-refractivity contribution < 1.29 is 13.2 Å². The molecule has 0 atom stereocenters. The van der Waals surface area contributed by atoms with Gasteiger partial charge in [0, 0.05) is 36.2 Å². The molecular weight excluding hydrogens is 368 g/mol. The van der Waals surface area contributed by atoms with E-state index in [4.69, 9.17) is 0 Å². The standard InChI is InChI=1S/C15H21BrN2O3S/c1-2-3-12-22(20,21)18-10-8-17(9-11-18)15(19)13-4-6-14(16)7-5-13/h4-7H,2-3,8-12H2,1H3. The Kier molecular flexibility index (Phi) is 6.00. The Morgan fingerprint density at radius 2 is 1.73 bits per heavy atom. The van der Waals surface area contributed by atoms with Crippen LogP contribution in [0.1, 0.15) is 30.1 Å². The van der Waals surface area contributed by atoms with Crippen LogP contribution in [0.25, 0.3) is 0 Å². The average molecular weight is 389 g/mol. The molecule has 1 saturated heterocycles. The van der Waals surface area contributed by atoms with Crippen molar-refractivity contribution in [3.63, 3.8) is 0 Å². The maximum absolute atomic E-state index is 12.4. The minimum absolute atomic E-state index is 0.0434. The van der Waals surface area contributed by atoms with Crippen molar-refractivity contribution in [3.8, 4) is 0 Å². The second-order valence-corrected chi connectivity index (χ2v) is 8.37. The van der Waals surface area contributed by atoms with Crippen molar-refractivity contribution in [1.29, 1.82) is 0 Å². The SMILES string of the molecule is CCCCS(=O)(=O)N1CCN(C(=O)c2ccc(Br)cc2)CC1. The summed E-state index contributed by atoms with van der Waals surface area (Å²) in [5.74, 6) is 0.155. The molecule has 1 amide bonds. The first-order chi connectivity index (χ1) is 10.4. The lowest BCUT2D eigenvalue weighted by Gasteiger charge is -2.34. The van der Waals surface area contributed by atoms with Crippen LogP contribution in [0.5, 0.6) is 0 Å². The van der Waals surface area contributed by atoms with Crippen LogP contribution in [-0.4, -0.2) is 55.5 Å². The second kappa shape index (κ2) is 7.57. The first-order valence-electron chi connectivity index (χ1n) is 7.46. The van der Waals surface area contributed by atoms with Crippen LogP contribution < -0.4 is 0 Å². The number of hydrogen-bond acceptors (Lipinski definition) is 3. The fourth-order valence-electron chi connectivity index (χ4n) is 2.40. The zero-order valence-corrected chi connectivity index (χ0v) is 15.1. The highest BCUT2D eigenvalue weighted by Gasteiger charge is 2.28. The predicted octanol–water partition coefficient (Wildman–Crippen LogP) is 2.34. The number of carbonyl (C=O) groups is 1. The molecule has 22 heavy (non-hydrogen) atoms. The van der Waals surface area contributed by atoms with Crippen LogP contribution in [0, 0.1) is 0 Å². The Bertz CT molecular complexity index is 608. The van der Waals surface area contributed by atoms with Gasteiger partial charge in [-0.1, -0.05) is 29.3 Å². The highest BCUT2D eigenvalue weighted by molar-refractivity contribution is 9.10. The smallest absolute Gasteiger partial charge is 0.253 e. The van der Waals surface area contributed by atoms with Gasteiger partial charge in [-0.15, -0.1) is 0 Å². The molecule has 122 valence electrons. The normalized spacial score (nSPS) is 16.7. The van der Waals surface area contributed by atoms with E-state index in [0.717, 1.165) is 10.9 Å². The van der Waals surface area contributed by atoms with Gasteiger partial charge >= 0.3 is 0 Å². The summed E-state index contributed by atoms with van der Waals surface area (Å²) in [6.45, 7) is 3.63. The number of nitrogens with zero attached hydrogens (tertiary/aromatic N) is 2. The van der Waals surface area contributed by atoms with Gasteiger partial charge in [-0.25, -0.2) is 8.42 Å². The summed E-state index contributed by atoms with van der Waals surface area (Å²) >= 11 is 3.34. The third kappa shape index (κ3) is 4.30. The van der Waals surface area contributed by atoms with Gasteiger partial charge in [0.05, 0.1) is 5.75 Å². The van der Waals surface area contributed by atoms with Crippen LogP contribution in [0.2, 0.25) is 0 Å². The number of unbranched alkanes of at least 4 members (excludes halogenated alkanes) is 1. The number of amides is 1. The zero-order chi connectivity index (χ0) is 16.2. The first kappa shape index (κ1) is 17.4. The van der Waals surface area contributed by atoms with E-state index in [1.54, 1.807) is 17.0 Å². The van der Waals surface area contributed by atoms with Gasteiger partial charge in [-0.3, -0.25) is 4.79 Å². The first-order valence-corrected chi connectivity index (χ1v) is 9.87. The third-order valence-corrected chi connectivity index (χ3v) is 6.25. The lowest BCUT2D eigenvalue weighted by atomic mass is 10.2. The molecule has 0 aromatic heterocycles. The molecule has 1 aromatic rings. The van der Waals surface area contributed by atoms with Crippen molar-refractivity contribution in [2.45, 2.75) is 19.8 Å². The molecular formula is C15H21BrN2O3S. The Morgan fingerprint density at radius 1 is 1.14 bits per heavy atom. The van der Waals surface area contributed by atoms with Gasteiger partial charge in [-0.2, -0.15) is 4.31 Å². The molecule has 1 aliphatic rings. The minimum Gasteiger partial charge on any atom is -0.336 e. The zero-order valence-electron chi connectivity index (χ0n) is 12.7. The molecule has 1 heterocycles. The lowest BCUT2D eigenvalue weighted by Crippen LogP contribution is -2.51. The number of halogens is 1. The Balaban J connectivity index is 1.94. The second-order valence-electron chi connectivity index (χ2n) is 5.37. The van der Waals surface area contributed by atoms with E-state index in [1.165, 1.54) is 4.31 Å². The highest BCUT2D eigenvalue weighted by atomic mass is 79.9. The van der Waals surface area contributed by atoms with Crippen molar-refractivity contribution in [3.05, 3.63) is 34.3 Å². The van der Waals surface area contributed by atoms with Gasteiger partial charge in [0.1, 0.15) is 0 Å². The summed E-state index contributed by atoms with van der Waals surface area (Å²) in [7, 11) is -3.18. The van der Waals surface area contributed by atoms with E-state index in [0.29, 0.717) is 38.2 Å². The van der Waals surface area contributed by atoms with E-state index in [9.17, 15) is 13.2 Å². The molecule has 0 radical (unpaired) electrons. The highest BCUT2D eigenvalue weighted by Crippen LogP contribution is 2.15. The maximum atomic E-state index is 12.4. The molecule has 5 nitrogen and oxygen atoms in total. The van der Waals surface area contributed by atoms with E-state index < -0.39 is 10.0 Å². The lowest BCUT2D eigenvalue weighted by molar-refractivity contribution is 0.0698. The van der Waals surface area contributed by atoms with Gasteiger partial charge < -0.3 is 4.90 Å². The molecule has 1 aliphatic heterocycles. The number of sulfonamides is 1. The average Bonchev–Trinajstić information content (AvgIpc) is 2.53.